The third-order valence-corrected chi connectivity index (χ3v) is 8.50. The SMILES string of the molecule is C.CCOC(=O)c1cc(=O)n(Cc2cncnc2)[nH]1.CCOC(=O)c1cc(OC)n(Cc2cncnc2)n1.CCO[C-]=CC(=O)C(C)=O.COc1cc(C(=N)N)nn1Cc1cncnc1.[Cl-].[NH3+]NCc1cncnc1.[Na+].[OH-]. The van der Waals surface area contributed by atoms with Gasteiger partial charge in [-0.25, -0.2) is 63.5 Å². The van der Waals surface area contributed by atoms with Crippen LogP contribution < -0.4 is 74.0 Å². The zero-order valence-corrected chi connectivity index (χ0v) is 45.4. The van der Waals surface area contributed by atoms with Crippen molar-refractivity contribution >= 4 is 29.3 Å². The number of quaternary nitrogens is 1. The van der Waals surface area contributed by atoms with Crippen LogP contribution in [0.3, 0.4) is 0 Å². The molecule has 0 aromatic carbocycles. The van der Waals surface area contributed by atoms with Crippen molar-refractivity contribution in [2.45, 2.75) is 61.3 Å². The van der Waals surface area contributed by atoms with Crippen molar-refractivity contribution < 1.29 is 96.1 Å². The second kappa shape index (κ2) is 40.2. The molecule has 9 N–H and O–H groups in total. The number of nitrogens with two attached hydrogens (primary N) is 1. The third-order valence-electron chi connectivity index (χ3n) is 8.50. The summed E-state index contributed by atoms with van der Waals surface area (Å²) in [5.74, 6) is 2.29. The van der Waals surface area contributed by atoms with Gasteiger partial charge in [0, 0.05) is 90.0 Å². The van der Waals surface area contributed by atoms with E-state index in [9.17, 15) is 24.0 Å². The molecule has 0 aliphatic heterocycles. The van der Waals surface area contributed by atoms with Crippen LogP contribution in [0.25, 0.3) is 0 Å². The first-order chi connectivity index (χ1) is 35.3. The molecule has 77 heavy (non-hydrogen) atoms. The Morgan fingerprint density at radius 1 is 0.701 bits per heavy atom. The Morgan fingerprint density at radius 2 is 1.12 bits per heavy atom. The van der Waals surface area contributed by atoms with Crippen LogP contribution in [0.1, 0.15) is 84.0 Å². The fraction of sp³-hybridized carbons (Fsp3) is 0.304. The number of allylic oxidation sites excluding steroid dienone is 1. The van der Waals surface area contributed by atoms with Crippen LogP contribution in [0.5, 0.6) is 11.8 Å². The van der Waals surface area contributed by atoms with Gasteiger partial charge in [-0.2, -0.15) is 21.7 Å². The monoisotopic (exact) mass is 1100 g/mol. The summed E-state index contributed by atoms with van der Waals surface area (Å²) in [5.41, 5.74) is 12.1. The molecular weight excluding hydrogens is 1040 g/mol. The van der Waals surface area contributed by atoms with Gasteiger partial charge in [0.2, 0.25) is 11.8 Å². The number of H-pyrrole nitrogens is 1. The van der Waals surface area contributed by atoms with Gasteiger partial charge in [-0.05, 0) is 27.7 Å². The molecule has 29 nitrogen and oxygen atoms in total. The van der Waals surface area contributed by atoms with E-state index in [-0.39, 0.29) is 90.8 Å². The number of ether oxygens (including phenoxy) is 5. The summed E-state index contributed by atoms with van der Waals surface area (Å²) in [6.45, 7) is 9.31. The number of nitrogens with one attached hydrogen (secondary N) is 3. The number of nitrogens with zero attached hydrogens (tertiary/aromatic N) is 13. The topological polar surface area (TPSA) is 411 Å². The number of methoxy groups -OCH3 is 2. The van der Waals surface area contributed by atoms with Crippen LogP contribution >= 0.6 is 0 Å². The minimum atomic E-state index is -0.589. The van der Waals surface area contributed by atoms with Gasteiger partial charge in [0.1, 0.15) is 48.3 Å². The molecule has 0 atom stereocenters. The molecule has 7 rings (SSSR count). The molecule has 0 bridgehead atoms. The van der Waals surface area contributed by atoms with Crippen LogP contribution in [-0.4, -0.2) is 138 Å². The molecule has 0 spiro atoms. The first-order valence-electron chi connectivity index (χ1n) is 21.7. The number of aromatic amines is 1. The molecule has 0 aliphatic carbocycles. The van der Waals surface area contributed by atoms with E-state index in [4.69, 9.17) is 30.1 Å². The number of carbonyl (C=O) groups excluding carboxylic acids is 4. The quantitative estimate of drug-likeness (QED) is 0.00581. The van der Waals surface area contributed by atoms with Gasteiger partial charge < -0.3 is 56.9 Å². The molecule has 31 heteroatoms. The van der Waals surface area contributed by atoms with E-state index in [2.05, 4.69) is 77.4 Å². The number of rotatable bonds is 19. The van der Waals surface area contributed by atoms with Crippen molar-refractivity contribution in [3.05, 3.63) is 155 Å². The van der Waals surface area contributed by atoms with Crippen molar-refractivity contribution in [1.29, 1.82) is 5.41 Å². The number of halogens is 1. The Bertz CT molecular complexity index is 2860. The zero-order chi connectivity index (χ0) is 53.4. The predicted octanol–water partition coefficient (Wildman–Crippen LogP) is -5.20. The Balaban J connectivity index is 0. The van der Waals surface area contributed by atoms with Crippen molar-refractivity contribution in [3.8, 4) is 11.8 Å². The molecule has 410 valence electrons. The maximum atomic E-state index is 11.6. The van der Waals surface area contributed by atoms with E-state index in [1.165, 1.54) is 50.1 Å². The minimum Gasteiger partial charge on any atom is -1.00 e. The average molecular weight is 1100 g/mol. The fourth-order valence-corrected chi connectivity index (χ4v) is 5.26. The first kappa shape index (κ1) is 70.9. The van der Waals surface area contributed by atoms with E-state index in [0.717, 1.165) is 34.9 Å². The summed E-state index contributed by atoms with van der Waals surface area (Å²) in [7, 11) is 3.06. The van der Waals surface area contributed by atoms with Gasteiger partial charge in [0.05, 0.1) is 66.0 Å². The molecule has 7 heterocycles. The van der Waals surface area contributed by atoms with Crippen molar-refractivity contribution in [2.24, 2.45) is 5.73 Å². The van der Waals surface area contributed by atoms with Crippen molar-refractivity contribution in [2.75, 3.05) is 34.0 Å². The average Bonchev–Trinajstić information content (AvgIpc) is 4.12. The molecule has 7 aromatic rings. The Morgan fingerprint density at radius 3 is 1.52 bits per heavy atom. The van der Waals surface area contributed by atoms with Gasteiger partial charge in [-0.3, -0.25) is 21.1 Å². The number of hydrogen-bond acceptors (Lipinski definition) is 23. The Labute approximate surface area is 471 Å². The maximum Gasteiger partial charge on any atom is 1.00 e. The first-order valence-corrected chi connectivity index (χ1v) is 21.7. The number of carbonyl (C=O) groups is 4. The molecule has 0 unspecified atom stereocenters. The smallest absolute Gasteiger partial charge is 1.00 e. The molecule has 0 saturated heterocycles. The van der Waals surface area contributed by atoms with E-state index in [1.54, 1.807) is 99.0 Å². The normalized spacial score (nSPS) is 9.55. The van der Waals surface area contributed by atoms with Gasteiger partial charge in [0.15, 0.2) is 5.69 Å². The number of ketones is 2. The van der Waals surface area contributed by atoms with E-state index in [1.807, 2.05) is 0 Å². The second-order valence-electron chi connectivity index (χ2n) is 13.9. The van der Waals surface area contributed by atoms with Gasteiger partial charge in [-0.1, -0.05) is 13.7 Å². The summed E-state index contributed by atoms with van der Waals surface area (Å²) >= 11 is 0. The van der Waals surface area contributed by atoms with Gasteiger partial charge in [0.25, 0.3) is 5.56 Å². The predicted molar refractivity (Wildman–Crippen MR) is 264 cm³/mol. The largest absolute Gasteiger partial charge is 1.00 e. The fourth-order valence-electron chi connectivity index (χ4n) is 5.26. The summed E-state index contributed by atoms with van der Waals surface area (Å²) in [6.07, 6.45) is 22.5. The molecule has 7 aromatic heterocycles. The van der Waals surface area contributed by atoms with E-state index < -0.39 is 23.5 Å². The number of amidine groups is 1. The van der Waals surface area contributed by atoms with Crippen molar-refractivity contribution in [1.82, 2.24) is 74.6 Å². The van der Waals surface area contributed by atoms with Crippen LogP contribution in [0.4, 0.5) is 0 Å². The second-order valence-corrected chi connectivity index (χ2v) is 13.9. The summed E-state index contributed by atoms with van der Waals surface area (Å²) in [6, 6.07) is 4.37. The Hall–Kier alpha value is -8.19. The number of Topliss-reactive ketones (excluding diaryl/α,β-unsaturated/α-hetero) is 1. The minimum absolute atomic E-state index is 0. The summed E-state index contributed by atoms with van der Waals surface area (Å²) < 4.78 is 29.1. The molecule has 0 amide bonds. The van der Waals surface area contributed by atoms with E-state index >= 15 is 0 Å². The maximum absolute atomic E-state index is 11.6. The summed E-state index contributed by atoms with van der Waals surface area (Å²) in [4.78, 5) is 86.4. The molecule has 0 aliphatic rings. The van der Waals surface area contributed by atoms with Crippen LogP contribution in [0.15, 0.2) is 104 Å². The molecular formula is C46H61ClN18NaO11-. The number of esters is 2. The summed E-state index contributed by atoms with van der Waals surface area (Å²) in [5, 5.41) is 18.3. The van der Waals surface area contributed by atoms with E-state index in [0.29, 0.717) is 43.8 Å². The van der Waals surface area contributed by atoms with Crippen LogP contribution in [0.2, 0.25) is 0 Å². The van der Waals surface area contributed by atoms with Gasteiger partial charge >= 0.3 is 41.5 Å². The third kappa shape index (κ3) is 26.2. The van der Waals surface area contributed by atoms with Gasteiger partial charge in [-0.15, -0.1) is 0 Å². The number of nitrogen functional groups attached to an aromatic ring is 1. The Kier molecular flexibility index (Phi) is 37.0. The van der Waals surface area contributed by atoms with Crippen molar-refractivity contribution in [3.63, 3.8) is 0 Å². The number of hydrogen-bond donors (Lipinski definition) is 5. The standard InChI is InChI=1S/C12H14N4O3.C11H12N4O3.C10H12N6O.C7H9O3.C5H8N4.CH4.ClH.Na.H2O/c1-3-19-12(17)10-4-11(18-2)16(15-10)7-9-5-13-8-14-6-9;1-2-18-11(17)9-3-10(16)15(14-9)6-8-4-12-7-13-5-8;1-17-9-2-8(10(11)12)15-16(9)5-7-3-13-6-14-4-7;1-3-10-5-4-7(9)6(2)8;6-9-3-5-1-7-4-8-2-5;;;;/h4-6,8H,3,7H2,1-2H3;3-5,7,14H,2,6H2,1H3;2-4,6H,5H2,1H3,(H3,11,12);4H,3H2,1-2H3;1-2,4,9H,3,6H2;1H4;1H;;1H2/q;;;-1;;;;+1;/p-1. The molecule has 0 radical (unpaired) electrons. The number of aromatic nitrogens is 14. The molecule has 0 fully saturated rings. The van der Waals surface area contributed by atoms with Crippen LogP contribution in [-0.2, 0) is 50.0 Å². The zero-order valence-electron chi connectivity index (χ0n) is 42.7. The van der Waals surface area contributed by atoms with Crippen LogP contribution in [0, 0.1) is 11.7 Å². The molecule has 0 saturated carbocycles.